The fourth-order valence-corrected chi connectivity index (χ4v) is 5.73. The molecule has 2 rings (SSSR count). The Labute approximate surface area is 259 Å². The molecule has 11 nitrogen and oxygen atoms in total. The summed E-state index contributed by atoms with van der Waals surface area (Å²) in [5.41, 5.74) is 0.763. The number of nitrogens with zero attached hydrogens (tertiary/aromatic N) is 2. The number of imide groups is 1. The molecular formula is C31H48N4O7S. The third-order valence-corrected chi connectivity index (χ3v) is 8.59. The lowest BCUT2D eigenvalue weighted by Gasteiger charge is -2.14. The number of amides is 4. The molecule has 1 aromatic rings. The van der Waals surface area contributed by atoms with E-state index in [0.29, 0.717) is 44.3 Å². The molecule has 1 aromatic carbocycles. The monoisotopic (exact) mass is 620 g/mol. The summed E-state index contributed by atoms with van der Waals surface area (Å²) in [6.45, 7) is 2.83. The maximum atomic E-state index is 12.1. The molecule has 4 amide bonds. The van der Waals surface area contributed by atoms with E-state index in [1.165, 1.54) is 29.7 Å². The van der Waals surface area contributed by atoms with E-state index in [2.05, 4.69) is 10.6 Å². The third kappa shape index (κ3) is 13.5. The van der Waals surface area contributed by atoms with Crippen LogP contribution in [0.25, 0.3) is 0 Å². The number of hydrogen-bond acceptors (Lipinski definition) is 8. The summed E-state index contributed by atoms with van der Waals surface area (Å²) in [7, 11) is 0. The Morgan fingerprint density at radius 3 is 2.14 bits per heavy atom. The van der Waals surface area contributed by atoms with Crippen molar-refractivity contribution in [1.29, 1.82) is 0 Å². The Kier molecular flexibility index (Phi) is 16.9. The van der Waals surface area contributed by atoms with Crippen molar-refractivity contribution >= 4 is 41.1 Å². The zero-order valence-corrected chi connectivity index (χ0v) is 26.4. The summed E-state index contributed by atoms with van der Waals surface area (Å²) >= 11 is 1.45. The molecule has 240 valence electrons. The van der Waals surface area contributed by atoms with E-state index in [4.69, 9.17) is 0 Å². The van der Waals surface area contributed by atoms with Gasteiger partial charge in [-0.25, -0.2) is 0 Å². The van der Waals surface area contributed by atoms with Gasteiger partial charge in [-0.05, 0) is 50.5 Å². The van der Waals surface area contributed by atoms with Gasteiger partial charge in [0.15, 0.2) is 0 Å². The topological polar surface area (TPSA) is 159 Å². The summed E-state index contributed by atoms with van der Waals surface area (Å²) in [6, 6.07) is 4.46. The molecule has 0 spiro atoms. The first-order valence-corrected chi connectivity index (χ1v) is 16.8. The van der Waals surface area contributed by atoms with Gasteiger partial charge in [0.2, 0.25) is 23.6 Å². The number of aliphatic hydroxyl groups excluding tert-OH is 1. The first kappa shape index (κ1) is 36.2. The van der Waals surface area contributed by atoms with Crippen LogP contribution in [0, 0.1) is 10.1 Å². The van der Waals surface area contributed by atoms with Gasteiger partial charge in [0, 0.05) is 45.0 Å². The summed E-state index contributed by atoms with van der Waals surface area (Å²) in [6.07, 6.45) is 12.7. The first-order chi connectivity index (χ1) is 20.6. The first-order valence-electron chi connectivity index (χ1n) is 15.5. The van der Waals surface area contributed by atoms with Crippen molar-refractivity contribution in [3.05, 3.63) is 39.4 Å². The number of aliphatic hydroxyl groups is 1. The Hall–Kier alpha value is -2.99. The van der Waals surface area contributed by atoms with Gasteiger partial charge in [0.25, 0.3) is 5.69 Å². The minimum absolute atomic E-state index is 0.0322. The molecule has 43 heavy (non-hydrogen) atoms. The second-order valence-corrected chi connectivity index (χ2v) is 12.2. The largest absolute Gasteiger partial charge is 0.388 e. The molecule has 12 heteroatoms. The Balaban J connectivity index is 1.40. The lowest BCUT2D eigenvalue weighted by Crippen LogP contribution is -2.32. The highest BCUT2D eigenvalue weighted by molar-refractivity contribution is 8.00. The van der Waals surface area contributed by atoms with Gasteiger partial charge in [0.05, 0.1) is 21.8 Å². The quantitative estimate of drug-likeness (QED) is 0.0711. The van der Waals surface area contributed by atoms with E-state index in [-0.39, 0.29) is 46.7 Å². The number of rotatable bonds is 22. The van der Waals surface area contributed by atoms with Crippen molar-refractivity contribution in [3.63, 3.8) is 0 Å². The SMILES string of the molecule is CSC1CC(=O)N(CCCCCCCCCCC(=O)NCCCCCC(=O)NCc2ccc([N+](=O)[O-])c(C(C)O)c2)C1=O. The molecular weight excluding hydrogens is 572 g/mol. The molecule has 1 heterocycles. The molecule has 1 aliphatic rings. The summed E-state index contributed by atoms with van der Waals surface area (Å²) < 4.78 is 0. The second-order valence-electron chi connectivity index (χ2n) is 11.2. The number of unbranched alkanes of at least 4 members (excludes halogenated alkanes) is 9. The number of thioether (sulfide) groups is 1. The summed E-state index contributed by atoms with van der Waals surface area (Å²) in [4.78, 5) is 60.2. The van der Waals surface area contributed by atoms with Crippen LogP contribution in [-0.2, 0) is 25.7 Å². The molecule has 1 fully saturated rings. The predicted molar refractivity (Wildman–Crippen MR) is 167 cm³/mol. The van der Waals surface area contributed by atoms with Crippen LogP contribution in [0.2, 0.25) is 0 Å². The average Bonchev–Trinajstić information content (AvgIpc) is 3.26. The van der Waals surface area contributed by atoms with Crippen LogP contribution in [0.5, 0.6) is 0 Å². The average molecular weight is 621 g/mol. The van der Waals surface area contributed by atoms with Crippen LogP contribution in [0.15, 0.2) is 18.2 Å². The zero-order chi connectivity index (χ0) is 31.6. The molecule has 0 saturated carbocycles. The molecule has 3 N–H and O–H groups in total. The maximum Gasteiger partial charge on any atom is 0.275 e. The van der Waals surface area contributed by atoms with Crippen molar-refractivity contribution < 1.29 is 29.2 Å². The van der Waals surface area contributed by atoms with E-state index >= 15 is 0 Å². The standard InChI is InChI=1S/C31H48N4O7S/c1-23(36)25-20-24(16-17-26(25)35(41)42)22-33-29(38)15-11-9-12-18-32-28(37)14-10-7-5-3-4-6-8-13-19-34-30(39)21-27(43-2)31(34)40/h16-17,20,23,27,36H,3-15,18-19,21-22H2,1-2H3,(H,32,37)(H,33,38). The predicted octanol–water partition coefficient (Wildman–Crippen LogP) is 4.94. The molecule has 0 aromatic heterocycles. The van der Waals surface area contributed by atoms with Gasteiger partial charge >= 0.3 is 0 Å². The fourth-order valence-electron chi connectivity index (χ4n) is 5.10. The van der Waals surface area contributed by atoms with Crippen molar-refractivity contribution in [2.75, 3.05) is 19.3 Å². The molecule has 0 bridgehead atoms. The second kappa shape index (κ2) is 20.1. The van der Waals surface area contributed by atoms with Gasteiger partial charge in [0.1, 0.15) is 0 Å². The highest BCUT2D eigenvalue weighted by Gasteiger charge is 2.37. The summed E-state index contributed by atoms with van der Waals surface area (Å²) in [5, 5.41) is 26.4. The molecule has 0 radical (unpaired) electrons. The van der Waals surface area contributed by atoms with Crippen LogP contribution in [0.4, 0.5) is 5.69 Å². The van der Waals surface area contributed by atoms with E-state index in [1.807, 2.05) is 6.26 Å². The normalized spacial score (nSPS) is 15.5. The number of nitro benzene ring substituents is 1. The molecule has 1 aliphatic heterocycles. The van der Waals surface area contributed by atoms with Crippen LogP contribution >= 0.6 is 11.8 Å². The number of nitro groups is 1. The molecule has 2 atom stereocenters. The lowest BCUT2D eigenvalue weighted by molar-refractivity contribution is -0.386. The number of carbonyl (C=O) groups excluding carboxylic acids is 4. The zero-order valence-electron chi connectivity index (χ0n) is 25.6. The van der Waals surface area contributed by atoms with Crippen LogP contribution in [-0.4, -0.2) is 63.2 Å². The number of carbonyl (C=O) groups is 4. The van der Waals surface area contributed by atoms with Gasteiger partial charge in [-0.15, -0.1) is 0 Å². The van der Waals surface area contributed by atoms with E-state index < -0.39 is 11.0 Å². The van der Waals surface area contributed by atoms with Crippen molar-refractivity contribution in [2.45, 2.75) is 115 Å². The highest BCUT2D eigenvalue weighted by atomic mass is 32.2. The highest BCUT2D eigenvalue weighted by Crippen LogP contribution is 2.26. The Bertz CT molecular complexity index is 1080. The van der Waals surface area contributed by atoms with Crippen LogP contribution in [0.1, 0.15) is 114 Å². The number of likely N-dealkylation sites (tertiary alicyclic amines) is 1. The third-order valence-electron chi connectivity index (χ3n) is 7.65. The minimum Gasteiger partial charge on any atom is -0.388 e. The lowest BCUT2D eigenvalue weighted by atomic mass is 10.0. The summed E-state index contributed by atoms with van der Waals surface area (Å²) in [5.74, 6) is -0.120. The maximum absolute atomic E-state index is 12.1. The van der Waals surface area contributed by atoms with Gasteiger partial charge in [-0.1, -0.05) is 51.0 Å². The Morgan fingerprint density at radius 1 is 0.977 bits per heavy atom. The van der Waals surface area contributed by atoms with E-state index in [1.54, 1.807) is 12.1 Å². The number of nitrogens with one attached hydrogen (secondary N) is 2. The number of hydrogen-bond donors (Lipinski definition) is 3. The van der Waals surface area contributed by atoms with Crippen LogP contribution < -0.4 is 10.6 Å². The van der Waals surface area contributed by atoms with Gasteiger partial charge in [-0.3, -0.25) is 34.2 Å². The van der Waals surface area contributed by atoms with Crippen LogP contribution in [0.3, 0.4) is 0 Å². The molecule has 0 aliphatic carbocycles. The smallest absolute Gasteiger partial charge is 0.275 e. The Morgan fingerprint density at radius 2 is 1.56 bits per heavy atom. The van der Waals surface area contributed by atoms with Crippen molar-refractivity contribution in [2.24, 2.45) is 0 Å². The van der Waals surface area contributed by atoms with Crippen molar-refractivity contribution in [3.8, 4) is 0 Å². The fraction of sp³-hybridized carbons (Fsp3) is 0.677. The van der Waals surface area contributed by atoms with E-state index in [0.717, 1.165) is 64.2 Å². The molecule has 2 unspecified atom stereocenters. The minimum atomic E-state index is -0.980. The number of benzene rings is 1. The molecule has 1 saturated heterocycles. The van der Waals surface area contributed by atoms with Gasteiger partial charge in [-0.2, -0.15) is 11.8 Å². The van der Waals surface area contributed by atoms with Crippen molar-refractivity contribution in [1.82, 2.24) is 15.5 Å². The van der Waals surface area contributed by atoms with Gasteiger partial charge < -0.3 is 15.7 Å². The van der Waals surface area contributed by atoms with E-state index in [9.17, 15) is 34.4 Å².